The first-order valence-electron chi connectivity index (χ1n) is 9.50. The average Bonchev–Trinajstić information content (AvgIpc) is 2.65. The smallest absolute Gasteiger partial charge is 0.249 e. The molecule has 0 aromatic heterocycles. The van der Waals surface area contributed by atoms with Crippen LogP contribution in [0.15, 0.2) is 37.0 Å². The maximum absolute atomic E-state index is 12.2. The summed E-state index contributed by atoms with van der Waals surface area (Å²) in [6, 6.07) is -0.603. The van der Waals surface area contributed by atoms with Crippen molar-refractivity contribution in [2.45, 2.75) is 73.8 Å². The van der Waals surface area contributed by atoms with E-state index in [2.05, 4.69) is 18.5 Å². The quantitative estimate of drug-likeness (QED) is 0.430. The first-order valence-corrected chi connectivity index (χ1v) is 9.50. The summed E-state index contributed by atoms with van der Waals surface area (Å²) in [6.45, 7) is 21.4. The van der Waals surface area contributed by atoms with E-state index >= 15 is 0 Å². The number of piperidine rings is 1. The molecule has 1 atom stereocenters. The topological polar surface area (TPSA) is 66.5 Å². The lowest BCUT2D eigenvalue weighted by Crippen LogP contribution is -2.54. The fraction of sp³-hybridized carbons (Fsp3) is 0.571. The zero-order chi connectivity index (χ0) is 21.1. The molecule has 3 amide bonds. The summed E-state index contributed by atoms with van der Waals surface area (Å²) < 4.78 is 0. The van der Waals surface area contributed by atoms with Gasteiger partial charge in [0.25, 0.3) is 0 Å². The van der Waals surface area contributed by atoms with Crippen molar-refractivity contribution in [3.63, 3.8) is 0 Å². The third-order valence-electron chi connectivity index (χ3n) is 2.91. The van der Waals surface area contributed by atoms with Gasteiger partial charge in [0, 0.05) is 19.4 Å². The van der Waals surface area contributed by atoms with Crippen LogP contribution in [0.1, 0.15) is 67.7 Å². The predicted octanol–water partition coefficient (Wildman–Crippen LogP) is 4.41. The van der Waals surface area contributed by atoms with Crippen molar-refractivity contribution in [3.05, 3.63) is 37.0 Å². The summed E-state index contributed by atoms with van der Waals surface area (Å²) in [5, 5.41) is 2.27. The molecule has 1 saturated heterocycles. The standard InChI is InChI=1S/C15H20N2O3.3C2H6/c1-4-5-6-7-14(19)17(10-11(2)3)12-8-9-13(18)16-15(12)20;3*1-2/h4-6,12H,1-2,7-10H2,3H3,(H,16,18,20);3*1-2H3/b6-5-;;;. The van der Waals surface area contributed by atoms with Crippen LogP contribution in [0, 0.1) is 0 Å². The maximum atomic E-state index is 12.2. The highest BCUT2D eigenvalue weighted by Gasteiger charge is 2.33. The summed E-state index contributed by atoms with van der Waals surface area (Å²) in [7, 11) is 0. The minimum absolute atomic E-state index is 0.166. The first-order chi connectivity index (χ1) is 12.5. The van der Waals surface area contributed by atoms with Crippen molar-refractivity contribution in [1.82, 2.24) is 10.2 Å². The number of hydrogen-bond donors (Lipinski definition) is 1. The van der Waals surface area contributed by atoms with Gasteiger partial charge in [-0.15, -0.1) is 0 Å². The Labute approximate surface area is 160 Å². The van der Waals surface area contributed by atoms with Gasteiger partial charge in [-0.25, -0.2) is 0 Å². The number of allylic oxidation sites excluding steroid dienone is 2. The van der Waals surface area contributed by atoms with Crippen LogP contribution in [0.25, 0.3) is 0 Å². The lowest BCUT2D eigenvalue weighted by Gasteiger charge is -2.33. The van der Waals surface area contributed by atoms with Gasteiger partial charge >= 0.3 is 0 Å². The highest BCUT2D eigenvalue weighted by molar-refractivity contribution is 6.01. The number of nitrogens with one attached hydrogen (secondary N) is 1. The van der Waals surface area contributed by atoms with Gasteiger partial charge in [-0.2, -0.15) is 0 Å². The highest BCUT2D eigenvalue weighted by Crippen LogP contribution is 2.15. The third kappa shape index (κ3) is 12.2. The molecule has 1 rings (SSSR count). The monoisotopic (exact) mass is 366 g/mol. The second-order valence-corrected chi connectivity index (χ2v) is 4.81. The lowest BCUT2D eigenvalue weighted by molar-refractivity contribution is -0.145. The number of carbonyl (C=O) groups is 3. The molecule has 1 heterocycles. The van der Waals surface area contributed by atoms with Crippen molar-refractivity contribution in [1.29, 1.82) is 0 Å². The number of hydrogen-bond acceptors (Lipinski definition) is 3. The normalized spacial score (nSPS) is 15.1. The second-order valence-electron chi connectivity index (χ2n) is 4.81. The van der Waals surface area contributed by atoms with E-state index in [-0.39, 0.29) is 24.7 Å². The molecule has 0 aromatic rings. The molecule has 1 aliphatic rings. The highest BCUT2D eigenvalue weighted by atomic mass is 16.2. The van der Waals surface area contributed by atoms with Crippen LogP contribution >= 0.6 is 0 Å². The van der Waals surface area contributed by atoms with Crippen LogP contribution in [0.3, 0.4) is 0 Å². The first kappa shape index (κ1) is 28.6. The van der Waals surface area contributed by atoms with E-state index in [0.717, 1.165) is 5.57 Å². The van der Waals surface area contributed by atoms with Crippen LogP contribution in [0.4, 0.5) is 0 Å². The molecule has 0 spiro atoms. The molecule has 150 valence electrons. The van der Waals surface area contributed by atoms with Gasteiger partial charge < -0.3 is 4.90 Å². The van der Waals surface area contributed by atoms with E-state index < -0.39 is 11.9 Å². The Balaban J connectivity index is -0.000000795. The predicted molar refractivity (Wildman–Crippen MR) is 111 cm³/mol. The van der Waals surface area contributed by atoms with Crippen molar-refractivity contribution in [2.24, 2.45) is 0 Å². The largest absolute Gasteiger partial charge is 0.326 e. The number of carbonyl (C=O) groups excluding carboxylic acids is 3. The molecule has 1 N–H and O–H groups in total. The van der Waals surface area contributed by atoms with Gasteiger partial charge in [-0.05, 0) is 13.3 Å². The van der Waals surface area contributed by atoms with Gasteiger partial charge in [0.2, 0.25) is 17.7 Å². The molecule has 1 unspecified atom stereocenters. The summed E-state index contributed by atoms with van der Waals surface area (Å²) in [5.41, 5.74) is 0.788. The zero-order valence-electron chi connectivity index (χ0n) is 17.7. The molecular formula is C21H38N2O3. The SMILES string of the molecule is C=C/C=C\CC(=O)N(CC(=C)C)C1CCC(=O)NC1=O.CC.CC.CC. The van der Waals surface area contributed by atoms with Crippen LogP contribution in [0.2, 0.25) is 0 Å². The van der Waals surface area contributed by atoms with E-state index in [1.807, 2.05) is 41.5 Å². The third-order valence-corrected chi connectivity index (χ3v) is 2.91. The average molecular weight is 367 g/mol. The molecule has 1 aliphatic heterocycles. The van der Waals surface area contributed by atoms with Crippen LogP contribution in [-0.2, 0) is 14.4 Å². The Kier molecular flexibility index (Phi) is 21.1. The maximum Gasteiger partial charge on any atom is 0.249 e. The molecule has 26 heavy (non-hydrogen) atoms. The van der Waals surface area contributed by atoms with E-state index in [0.29, 0.717) is 13.0 Å². The Hall–Kier alpha value is -2.17. The summed E-state index contributed by atoms with van der Waals surface area (Å²) in [4.78, 5) is 36.7. The van der Waals surface area contributed by atoms with Gasteiger partial charge in [0.1, 0.15) is 6.04 Å². The van der Waals surface area contributed by atoms with Gasteiger partial charge in [0.15, 0.2) is 0 Å². The summed E-state index contributed by atoms with van der Waals surface area (Å²) in [5.74, 6) is -0.871. The second kappa shape index (κ2) is 19.2. The summed E-state index contributed by atoms with van der Waals surface area (Å²) in [6.07, 6.45) is 5.75. The van der Waals surface area contributed by atoms with Crippen LogP contribution < -0.4 is 5.32 Å². The fourth-order valence-corrected chi connectivity index (χ4v) is 2.02. The molecule has 5 heteroatoms. The Morgan fingerprint density at radius 2 is 1.73 bits per heavy atom. The van der Waals surface area contributed by atoms with Crippen molar-refractivity contribution in [3.8, 4) is 0 Å². The molecule has 0 radical (unpaired) electrons. The zero-order valence-corrected chi connectivity index (χ0v) is 17.7. The number of imide groups is 1. The number of nitrogens with zero attached hydrogens (tertiary/aromatic N) is 1. The molecule has 0 bridgehead atoms. The Morgan fingerprint density at radius 3 is 2.15 bits per heavy atom. The number of rotatable bonds is 6. The van der Waals surface area contributed by atoms with E-state index in [9.17, 15) is 14.4 Å². The van der Waals surface area contributed by atoms with Gasteiger partial charge in [-0.3, -0.25) is 19.7 Å². The molecule has 0 saturated carbocycles. The molecule has 0 aromatic carbocycles. The van der Waals surface area contributed by atoms with Gasteiger partial charge in [-0.1, -0.05) is 78.5 Å². The summed E-state index contributed by atoms with van der Waals surface area (Å²) >= 11 is 0. The van der Waals surface area contributed by atoms with E-state index in [1.165, 1.54) is 4.90 Å². The Morgan fingerprint density at radius 1 is 1.19 bits per heavy atom. The lowest BCUT2D eigenvalue weighted by atomic mass is 10.0. The van der Waals surface area contributed by atoms with Crippen molar-refractivity contribution in [2.75, 3.05) is 6.54 Å². The Bertz CT molecular complexity index is 468. The minimum Gasteiger partial charge on any atom is -0.326 e. The van der Waals surface area contributed by atoms with Crippen LogP contribution in [-0.4, -0.2) is 35.2 Å². The van der Waals surface area contributed by atoms with E-state index in [1.54, 1.807) is 25.2 Å². The fourth-order valence-electron chi connectivity index (χ4n) is 2.02. The van der Waals surface area contributed by atoms with E-state index in [4.69, 9.17) is 0 Å². The van der Waals surface area contributed by atoms with Crippen LogP contribution in [0.5, 0.6) is 0 Å². The molecule has 0 aliphatic carbocycles. The number of amides is 3. The minimum atomic E-state index is -0.603. The molecular weight excluding hydrogens is 328 g/mol. The van der Waals surface area contributed by atoms with Crippen molar-refractivity contribution < 1.29 is 14.4 Å². The molecule has 5 nitrogen and oxygen atoms in total. The van der Waals surface area contributed by atoms with Gasteiger partial charge in [0.05, 0.1) is 0 Å². The molecule has 1 fully saturated rings. The van der Waals surface area contributed by atoms with Crippen molar-refractivity contribution >= 4 is 17.7 Å².